The second-order valence-electron chi connectivity index (χ2n) is 5.98. The molecule has 5 nitrogen and oxygen atoms in total. The van der Waals surface area contributed by atoms with Crippen LogP contribution in [0.15, 0.2) is 47.5 Å². The second-order valence-corrected chi connectivity index (χ2v) is 6.42. The van der Waals surface area contributed by atoms with Crippen LogP contribution in [0.4, 0.5) is 5.69 Å². The highest BCUT2D eigenvalue weighted by Gasteiger charge is 2.16. The first-order chi connectivity index (χ1) is 11.9. The van der Waals surface area contributed by atoms with Crippen LogP contribution >= 0.6 is 11.6 Å². The molecule has 25 heavy (non-hydrogen) atoms. The summed E-state index contributed by atoms with van der Waals surface area (Å²) in [6, 6.07) is 12.4. The van der Waals surface area contributed by atoms with E-state index in [9.17, 15) is 9.90 Å². The third-order valence-corrected chi connectivity index (χ3v) is 4.17. The number of hydrogen-bond acceptors (Lipinski definition) is 3. The molecule has 1 amide bonds. The average Bonchev–Trinajstić information content (AvgIpc) is 2.91. The lowest BCUT2D eigenvalue weighted by atomic mass is 10.1. The number of aromatic amines is 1. The van der Waals surface area contributed by atoms with Gasteiger partial charge in [-0.25, -0.2) is 0 Å². The summed E-state index contributed by atoms with van der Waals surface area (Å²) < 4.78 is 0. The predicted molar refractivity (Wildman–Crippen MR) is 101 cm³/mol. The van der Waals surface area contributed by atoms with Gasteiger partial charge in [-0.3, -0.25) is 9.79 Å². The summed E-state index contributed by atoms with van der Waals surface area (Å²) in [7, 11) is 3.41. The maximum atomic E-state index is 12.2. The predicted octanol–water partition coefficient (Wildman–Crippen LogP) is 4.37. The van der Waals surface area contributed by atoms with Gasteiger partial charge in [0, 0.05) is 35.6 Å². The fourth-order valence-corrected chi connectivity index (χ4v) is 2.83. The van der Waals surface area contributed by atoms with Crippen LogP contribution in [0.3, 0.4) is 0 Å². The number of aliphatic imine (C=N–C) groups is 1. The Bertz CT molecular complexity index is 972. The monoisotopic (exact) mass is 355 g/mol. The summed E-state index contributed by atoms with van der Waals surface area (Å²) in [4.78, 5) is 21.2. The second kappa shape index (κ2) is 6.61. The van der Waals surface area contributed by atoms with Gasteiger partial charge in [0.1, 0.15) is 0 Å². The largest absolute Gasteiger partial charge is 0.494 e. The number of halogens is 1. The van der Waals surface area contributed by atoms with Crippen molar-refractivity contribution in [3.8, 4) is 5.88 Å². The summed E-state index contributed by atoms with van der Waals surface area (Å²) in [5.41, 5.74) is 3.25. The number of fused-ring (bicyclic) bond motifs is 1. The molecule has 0 saturated carbocycles. The zero-order chi connectivity index (χ0) is 18.1. The van der Waals surface area contributed by atoms with Gasteiger partial charge in [-0.2, -0.15) is 0 Å². The number of nitrogens with one attached hydrogen (secondary N) is 1. The topological polar surface area (TPSA) is 68.7 Å². The van der Waals surface area contributed by atoms with Gasteiger partial charge in [0.25, 0.3) is 5.91 Å². The molecular formula is C19H18ClN3O2. The highest BCUT2D eigenvalue weighted by molar-refractivity contribution is 6.30. The number of carbonyl (C=O) groups excluding carboxylic acids is 1. The molecule has 3 rings (SSSR count). The summed E-state index contributed by atoms with van der Waals surface area (Å²) in [6.45, 7) is 1.82. The van der Waals surface area contributed by atoms with Gasteiger partial charge in [0.15, 0.2) is 5.88 Å². The van der Waals surface area contributed by atoms with E-state index in [0.717, 1.165) is 16.6 Å². The molecule has 1 heterocycles. The molecule has 0 aliphatic heterocycles. The first-order valence-corrected chi connectivity index (χ1v) is 8.12. The normalized spacial score (nSPS) is 11.8. The molecular weight excluding hydrogens is 338 g/mol. The van der Waals surface area contributed by atoms with Crippen LogP contribution in [-0.4, -0.2) is 40.7 Å². The Labute approximate surface area is 150 Å². The molecule has 128 valence electrons. The van der Waals surface area contributed by atoms with E-state index in [2.05, 4.69) is 9.98 Å². The average molecular weight is 356 g/mol. The Morgan fingerprint density at radius 3 is 2.48 bits per heavy atom. The van der Waals surface area contributed by atoms with Crippen molar-refractivity contribution in [1.82, 2.24) is 9.88 Å². The Morgan fingerprint density at radius 2 is 1.84 bits per heavy atom. The van der Waals surface area contributed by atoms with Crippen molar-refractivity contribution in [3.63, 3.8) is 0 Å². The van der Waals surface area contributed by atoms with Gasteiger partial charge in [-0.1, -0.05) is 11.6 Å². The maximum absolute atomic E-state index is 12.2. The number of aromatic hydroxyl groups is 1. The van der Waals surface area contributed by atoms with Crippen molar-refractivity contribution < 1.29 is 9.90 Å². The van der Waals surface area contributed by atoms with E-state index >= 15 is 0 Å². The highest BCUT2D eigenvalue weighted by atomic mass is 35.5. The first-order valence-electron chi connectivity index (χ1n) is 7.74. The molecule has 0 unspecified atom stereocenters. The number of aromatic nitrogens is 1. The van der Waals surface area contributed by atoms with Crippen molar-refractivity contribution in [1.29, 1.82) is 0 Å². The number of amides is 1. The zero-order valence-electron chi connectivity index (χ0n) is 14.2. The Balaban J connectivity index is 2.11. The van der Waals surface area contributed by atoms with Crippen LogP contribution in [0, 0.1) is 0 Å². The number of carbonyl (C=O) groups is 1. The maximum Gasteiger partial charge on any atom is 0.253 e. The minimum absolute atomic E-state index is 0.0275. The van der Waals surface area contributed by atoms with E-state index < -0.39 is 0 Å². The van der Waals surface area contributed by atoms with Crippen LogP contribution in [0.1, 0.15) is 22.8 Å². The fourth-order valence-electron chi connectivity index (χ4n) is 2.70. The van der Waals surface area contributed by atoms with E-state index in [-0.39, 0.29) is 11.8 Å². The Kier molecular flexibility index (Phi) is 4.51. The van der Waals surface area contributed by atoms with E-state index in [4.69, 9.17) is 11.6 Å². The molecule has 6 heteroatoms. The number of nitrogens with zero attached hydrogens (tertiary/aromatic N) is 2. The van der Waals surface area contributed by atoms with Gasteiger partial charge in [-0.15, -0.1) is 0 Å². The van der Waals surface area contributed by atoms with Crippen LogP contribution in [0.5, 0.6) is 5.88 Å². The van der Waals surface area contributed by atoms with Crippen LogP contribution in [0.2, 0.25) is 5.02 Å². The lowest BCUT2D eigenvalue weighted by Crippen LogP contribution is -2.21. The molecule has 0 radical (unpaired) electrons. The van der Waals surface area contributed by atoms with E-state index in [1.165, 1.54) is 4.90 Å². The molecule has 0 spiro atoms. The third kappa shape index (κ3) is 3.37. The smallest absolute Gasteiger partial charge is 0.253 e. The summed E-state index contributed by atoms with van der Waals surface area (Å²) >= 11 is 5.89. The van der Waals surface area contributed by atoms with Gasteiger partial charge in [-0.05, 0) is 49.4 Å². The number of benzene rings is 2. The Hall–Kier alpha value is -2.79. The van der Waals surface area contributed by atoms with Crippen molar-refractivity contribution >= 4 is 39.8 Å². The molecule has 0 saturated heterocycles. The lowest BCUT2D eigenvalue weighted by molar-refractivity contribution is 0.0828. The summed E-state index contributed by atoms with van der Waals surface area (Å²) in [5.74, 6) is -0.0690. The van der Waals surface area contributed by atoms with Gasteiger partial charge in [0.2, 0.25) is 0 Å². The molecule has 0 fully saturated rings. The van der Waals surface area contributed by atoms with Gasteiger partial charge < -0.3 is 15.0 Å². The quantitative estimate of drug-likeness (QED) is 0.685. The SMILES string of the molecule is CC(=Nc1ccc(Cl)cc1)c1c(O)[nH]c2ccc(C(=O)N(C)C)cc12. The van der Waals surface area contributed by atoms with Crippen LogP contribution in [-0.2, 0) is 0 Å². The van der Waals surface area contributed by atoms with Crippen molar-refractivity contribution in [3.05, 3.63) is 58.6 Å². The molecule has 2 aromatic carbocycles. The molecule has 2 N–H and O–H groups in total. The lowest BCUT2D eigenvalue weighted by Gasteiger charge is -2.10. The van der Waals surface area contributed by atoms with Crippen LogP contribution < -0.4 is 0 Å². The van der Waals surface area contributed by atoms with Crippen molar-refractivity contribution in [2.24, 2.45) is 4.99 Å². The molecule has 3 aromatic rings. The first kappa shape index (κ1) is 17.0. The molecule has 1 aromatic heterocycles. The molecule has 0 atom stereocenters. The van der Waals surface area contributed by atoms with E-state index in [1.807, 2.05) is 6.92 Å². The van der Waals surface area contributed by atoms with Crippen molar-refractivity contribution in [2.75, 3.05) is 14.1 Å². The minimum Gasteiger partial charge on any atom is -0.494 e. The van der Waals surface area contributed by atoms with Gasteiger partial charge in [0.05, 0.1) is 17.0 Å². The summed E-state index contributed by atoms with van der Waals surface area (Å²) in [6.07, 6.45) is 0. The molecule has 0 bridgehead atoms. The van der Waals surface area contributed by atoms with E-state index in [0.29, 0.717) is 21.9 Å². The molecule has 0 aliphatic carbocycles. The van der Waals surface area contributed by atoms with E-state index in [1.54, 1.807) is 56.6 Å². The van der Waals surface area contributed by atoms with Gasteiger partial charge >= 0.3 is 0 Å². The van der Waals surface area contributed by atoms with Crippen molar-refractivity contribution in [2.45, 2.75) is 6.92 Å². The number of rotatable bonds is 3. The standard InChI is InChI=1S/C19H18ClN3O2/c1-11(21-14-7-5-13(20)6-8-14)17-15-10-12(19(25)23(2)3)4-9-16(15)22-18(17)24/h4-10,22,24H,1-3H3. The summed E-state index contributed by atoms with van der Waals surface area (Å²) in [5, 5.41) is 11.7. The highest BCUT2D eigenvalue weighted by Crippen LogP contribution is 2.30. The van der Waals surface area contributed by atoms with Crippen LogP contribution in [0.25, 0.3) is 10.9 Å². The molecule has 0 aliphatic rings. The Morgan fingerprint density at radius 1 is 1.16 bits per heavy atom. The third-order valence-electron chi connectivity index (χ3n) is 3.92. The number of H-pyrrole nitrogens is 1. The fraction of sp³-hybridized carbons (Fsp3) is 0.158. The minimum atomic E-state index is -0.0965. The number of hydrogen-bond donors (Lipinski definition) is 2. The zero-order valence-corrected chi connectivity index (χ0v) is 14.9.